The first-order chi connectivity index (χ1) is 6.83. The molecule has 90 valence electrons. The van der Waals surface area contributed by atoms with Crippen molar-refractivity contribution in [2.45, 2.75) is 47.1 Å². The van der Waals surface area contributed by atoms with E-state index in [0.29, 0.717) is 0 Å². The van der Waals surface area contributed by atoms with Crippen LogP contribution in [0.2, 0.25) is 0 Å². The van der Waals surface area contributed by atoms with Crippen LogP contribution in [0.15, 0.2) is 0 Å². The Bertz CT molecular complexity index is 199. The van der Waals surface area contributed by atoms with Gasteiger partial charge in [0.25, 0.3) is 0 Å². The van der Waals surface area contributed by atoms with Gasteiger partial charge in [-0.25, -0.2) is 0 Å². The molecule has 2 nitrogen and oxygen atoms in total. The van der Waals surface area contributed by atoms with Gasteiger partial charge in [-0.1, -0.05) is 27.7 Å². The van der Waals surface area contributed by atoms with Crippen LogP contribution in [-0.2, 0) is 0 Å². The van der Waals surface area contributed by atoms with E-state index >= 15 is 0 Å². The Labute approximate surface area is 94.7 Å². The second kappa shape index (κ2) is 4.84. The lowest BCUT2D eigenvalue weighted by Crippen LogP contribution is -2.39. The van der Waals surface area contributed by atoms with Crippen molar-refractivity contribution in [1.82, 2.24) is 4.90 Å². The monoisotopic (exact) mass is 213 g/mol. The third-order valence-corrected chi connectivity index (χ3v) is 4.01. The van der Waals surface area contributed by atoms with E-state index in [2.05, 4.69) is 32.6 Å². The molecule has 0 radical (unpaired) electrons. The van der Waals surface area contributed by atoms with Gasteiger partial charge in [0, 0.05) is 18.5 Å². The topological polar surface area (TPSA) is 23.5 Å². The molecule has 2 heteroatoms. The molecule has 0 aromatic heterocycles. The average Bonchev–Trinajstić information content (AvgIpc) is 2.51. The van der Waals surface area contributed by atoms with E-state index in [0.717, 1.165) is 18.4 Å². The van der Waals surface area contributed by atoms with Gasteiger partial charge in [0.15, 0.2) is 0 Å². The molecule has 0 spiro atoms. The van der Waals surface area contributed by atoms with Crippen molar-refractivity contribution < 1.29 is 5.11 Å². The summed E-state index contributed by atoms with van der Waals surface area (Å²) in [6, 6.07) is 0. The van der Waals surface area contributed by atoms with Crippen molar-refractivity contribution in [2.24, 2.45) is 17.3 Å². The second-order valence-corrected chi connectivity index (χ2v) is 6.19. The lowest BCUT2D eigenvalue weighted by atomic mass is 9.87. The zero-order valence-corrected chi connectivity index (χ0v) is 11.0. The minimum Gasteiger partial charge on any atom is -0.393 e. The van der Waals surface area contributed by atoms with Crippen LogP contribution in [0.1, 0.15) is 41.0 Å². The third-order valence-electron chi connectivity index (χ3n) is 4.01. The molecule has 0 aromatic rings. The van der Waals surface area contributed by atoms with Gasteiger partial charge < -0.3 is 10.0 Å². The van der Waals surface area contributed by atoms with Gasteiger partial charge >= 0.3 is 0 Å². The highest BCUT2D eigenvalue weighted by Gasteiger charge is 2.31. The maximum Gasteiger partial charge on any atom is 0.0575 e. The summed E-state index contributed by atoms with van der Waals surface area (Å²) < 4.78 is 0. The standard InChI is InChI=1S/C13H27NO/c1-10(2)12-6-7-14(8-12)9-13(4,5)11(3)15/h10-12,15H,6-9H2,1-5H3. The van der Waals surface area contributed by atoms with E-state index in [1.807, 2.05) is 6.92 Å². The lowest BCUT2D eigenvalue weighted by molar-refractivity contribution is 0.0390. The highest BCUT2D eigenvalue weighted by Crippen LogP contribution is 2.28. The Morgan fingerprint density at radius 2 is 1.93 bits per heavy atom. The summed E-state index contributed by atoms with van der Waals surface area (Å²) in [6.07, 6.45) is 1.10. The molecule has 0 aliphatic carbocycles. The Kier molecular flexibility index (Phi) is 4.19. The molecule has 0 aromatic carbocycles. The van der Waals surface area contributed by atoms with E-state index in [-0.39, 0.29) is 11.5 Å². The molecular formula is C13H27NO. The maximum absolute atomic E-state index is 9.69. The molecule has 1 N–H and O–H groups in total. The predicted octanol–water partition coefficient (Wildman–Crippen LogP) is 2.37. The predicted molar refractivity (Wildman–Crippen MR) is 64.8 cm³/mol. The fourth-order valence-electron chi connectivity index (χ4n) is 2.26. The molecule has 1 rings (SSSR count). The molecule has 2 unspecified atom stereocenters. The summed E-state index contributed by atoms with van der Waals surface area (Å²) in [7, 11) is 0. The molecule has 0 bridgehead atoms. The number of rotatable bonds is 4. The van der Waals surface area contributed by atoms with E-state index in [9.17, 15) is 5.11 Å². The Hall–Kier alpha value is -0.0800. The van der Waals surface area contributed by atoms with E-state index in [1.165, 1.54) is 19.5 Å². The maximum atomic E-state index is 9.69. The van der Waals surface area contributed by atoms with Crippen molar-refractivity contribution >= 4 is 0 Å². The van der Waals surface area contributed by atoms with Crippen molar-refractivity contribution in [3.8, 4) is 0 Å². The second-order valence-electron chi connectivity index (χ2n) is 6.19. The lowest BCUT2D eigenvalue weighted by Gasteiger charge is -2.33. The van der Waals surface area contributed by atoms with Gasteiger partial charge in [-0.3, -0.25) is 0 Å². The van der Waals surface area contributed by atoms with Crippen LogP contribution in [-0.4, -0.2) is 35.7 Å². The normalized spacial score (nSPS) is 26.2. The third kappa shape index (κ3) is 3.46. The fraction of sp³-hybridized carbons (Fsp3) is 1.00. The highest BCUT2D eigenvalue weighted by molar-refractivity contribution is 4.84. The van der Waals surface area contributed by atoms with E-state index in [1.54, 1.807) is 0 Å². The Balaban J connectivity index is 2.42. The van der Waals surface area contributed by atoms with Crippen LogP contribution in [0.4, 0.5) is 0 Å². The van der Waals surface area contributed by atoms with Crippen LogP contribution in [0.5, 0.6) is 0 Å². The summed E-state index contributed by atoms with van der Waals surface area (Å²) in [5.74, 6) is 1.65. The van der Waals surface area contributed by atoms with E-state index in [4.69, 9.17) is 0 Å². The van der Waals surface area contributed by atoms with Crippen LogP contribution in [0.25, 0.3) is 0 Å². The largest absolute Gasteiger partial charge is 0.393 e. The number of hydrogen-bond donors (Lipinski definition) is 1. The SMILES string of the molecule is CC(C)C1CCN(CC(C)(C)C(C)O)C1. The van der Waals surface area contributed by atoms with Gasteiger partial charge in [0.05, 0.1) is 6.10 Å². The van der Waals surface area contributed by atoms with Crippen molar-refractivity contribution in [3.05, 3.63) is 0 Å². The quantitative estimate of drug-likeness (QED) is 0.775. The van der Waals surface area contributed by atoms with Crippen molar-refractivity contribution in [2.75, 3.05) is 19.6 Å². The van der Waals surface area contributed by atoms with Crippen LogP contribution in [0, 0.1) is 17.3 Å². The molecule has 2 atom stereocenters. The molecule has 1 aliphatic heterocycles. The molecule has 0 amide bonds. The Morgan fingerprint density at radius 1 is 1.33 bits per heavy atom. The van der Waals surface area contributed by atoms with Gasteiger partial charge in [-0.2, -0.15) is 0 Å². The number of likely N-dealkylation sites (tertiary alicyclic amines) is 1. The van der Waals surface area contributed by atoms with Crippen molar-refractivity contribution in [1.29, 1.82) is 0 Å². The first-order valence-electron chi connectivity index (χ1n) is 6.23. The van der Waals surface area contributed by atoms with Crippen LogP contribution in [0.3, 0.4) is 0 Å². The molecular weight excluding hydrogens is 186 g/mol. The molecule has 1 saturated heterocycles. The molecule has 1 fully saturated rings. The smallest absolute Gasteiger partial charge is 0.0575 e. The molecule has 1 heterocycles. The fourth-order valence-corrected chi connectivity index (χ4v) is 2.26. The minimum absolute atomic E-state index is 0.0197. The summed E-state index contributed by atoms with van der Waals surface area (Å²) >= 11 is 0. The van der Waals surface area contributed by atoms with Gasteiger partial charge in [0.2, 0.25) is 0 Å². The Morgan fingerprint density at radius 3 is 2.33 bits per heavy atom. The average molecular weight is 213 g/mol. The number of aliphatic hydroxyl groups is 1. The number of hydrogen-bond acceptors (Lipinski definition) is 2. The molecule has 0 saturated carbocycles. The summed E-state index contributed by atoms with van der Waals surface area (Å²) in [4.78, 5) is 2.51. The van der Waals surface area contributed by atoms with Gasteiger partial charge in [-0.15, -0.1) is 0 Å². The first kappa shape index (κ1) is 13.0. The van der Waals surface area contributed by atoms with Crippen molar-refractivity contribution in [3.63, 3.8) is 0 Å². The van der Waals surface area contributed by atoms with E-state index < -0.39 is 0 Å². The highest BCUT2D eigenvalue weighted by atomic mass is 16.3. The zero-order valence-electron chi connectivity index (χ0n) is 11.0. The zero-order chi connectivity index (χ0) is 11.6. The van der Waals surface area contributed by atoms with Gasteiger partial charge in [-0.05, 0) is 31.7 Å². The summed E-state index contributed by atoms with van der Waals surface area (Å²) in [5, 5.41) is 9.69. The molecule has 15 heavy (non-hydrogen) atoms. The van der Waals surface area contributed by atoms with Crippen LogP contribution < -0.4 is 0 Å². The first-order valence-corrected chi connectivity index (χ1v) is 6.23. The summed E-state index contributed by atoms with van der Waals surface area (Å²) in [5.41, 5.74) is 0.0197. The number of aliphatic hydroxyl groups excluding tert-OH is 1. The minimum atomic E-state index is -0.226. The van der Waals surface area contributed by atoms with Gasteiger partial charge in [0.1, 0.15) is 0 Å². The summed E-state index contributed by atoms with van der Waals surface area (Å²) in [6.45, 7) is 14.3. The van der Waals surface area contributed by atoms with Crippen LogP contribution >= 0.6 is 0 Å². The molecule has 1 aliphatic rings. The number of nitrogens with zero attached hydrogens (tertiary/aromatic N) is 1.